The lowest BCUT2D eigenvalue weighted by Crippen LogP contribution is -2.41. The topological polar surface area (TPSA) is 46.6 Å². The quantitative estimate of drug-likeness (QED) is 0.499. The summed E-state index contributed by atoms with van der Waals surface area (Å²) in [5, 5.41) is 3.75. The third-order valence-corrected chi connectivity index (χ3v) is 6.54. The van der Waals surface area contributed by atoms with Gasteiger partial charge in [-0.2, -0.15) is 0 Å². The van der Waals surface area contributed by atoms with Gasteiger partial charge < -0.3 is 19.7 Å². The summed E-state index contributed by atoms with van der Waals surface area (Å²) in [6.45, 7) is 8.99. The van der Waals surface area contributed by atoms with Crippen molar-refractivity contribution in [1.29, 1.82) is 0 Å². The second-order valence-electron chi connectivity index (χ2n) is 9.25. The van der Waals surface area contributed by atoms with Gasteiger partial charge in [0.15, 0.2) is 11.5 Å². The summed E-state index contributed by atoms with van der Waals surface area (Å²) >= 11 is 0. The maximum Gasteiger partial charge on any atom is 0.161 e. The predicted molar refractivity (Wildman–Crippen MR) is 136 cm³/mol. The van der Waals surface area contributed by atoms with Crippen LogP contribution in [0.15, 0.2) is 79.3 Å². The first kappa shape index (κ1) is 22.5. The van der Waals surface area contributed by atoms with E-state index in [1.165, 1.54) is 42.6 Å². The number of hydrogen-bond donors (Lipinski definition) is 1. The number of ether oxygens (including phenoxy) is 2. The van der Waals surface area contributed by atoms with E-state index in [4.69, 9.17) is 9.47 Å². The van der Waals surface area contributed by atoms with Gasteiger partial charge in [-0.25, -0.2) is 0 Å². The van der Waals surface area contributed by atoms with E-state index in [2.05, 4.69) is 64.2 Å². The van der Waals surface area contributed by atoms with Crippen LogP contribution in [-0.2, 0) is 12.8 Å². The number of hydrogen-bond acceptors (Lipinski definition) is 5. The second-order valence-corrected chi connectivity index (χ2v) is 9.25. The van der Waals surface area contributed by atoms with Crippen LogP contribution in [0.5, 0.6) is 11.5 Å². The molecule has 0 saturated carbocycles. The van der Waals surface area contributed by atoms with E-state index in [0.717, 1.165) is 42.1 Å². The van der Waals surface area contributed by atoms with E-state index in [9.17, 15) is 0 Å². The fourth-order valence-electron chi connectivity index (χ4n) is 4.87. The van der Waals surface area contributed by atoms with E-state index in [1.807, 2.05) is 18.3 Å². The highest BCUT2D eigenvalue weighted by atomic mass is 16.6. The zero-order chi connectivity index (χ0) is 23.2. The monoisotopic (exact) mass is 455 g/mol. The number of nitrogens with zero attached hydrogens (tertiary/aromatic N) is 2. The minimum Gasteiger partial charge on any atom is -0.486 e. The van der Waals surface area contributed by atoms with E-state index >= 15 is 0 Å². The molecule has 2 aliphatic rings. The first-order valence-electron chi connectivity index (χ1n) is 12.3. The SMILES string of the molecule is C=C(Cc1ccc(-c2cccnc2)cc1)N[C@@H](Cc1ccc2c(c1)OCCO2)CN1CCCC1. The number of rotatable bonds is 9. The van der Waals surface area contributed by atoms with Gasteiger partial charge in [0.2, 0.25) is 0 Å². The van der Waals surface area contributed by atoms with Crippen LogP contribution in [0, 0.1) is 0 Å². The molecule has 0 aliphatic carbocycles. The van der Waals surface area contributed by atoms with Gasteiger partial charge in [0.05, 0.1) is 0 Å². The van der Waals surface area contributed by atoms with Crippen LogP contribution in [0.4, 0.5) is 0 Å². The van der Waals surface area contributed by atoms with Crippen molar-refractivity contribution in [3.05, 3.63) is 90.4 Å². The molecule has 0 amide bonds. The Morgan fingerprint density at radius 2 is 1.71 bits per heavy atom. The number of nitrogens with one attached hydrogen (secondary N) is 1. The van der Waals surface area contributed by atoms with Gasteiger partial charge >= 0.3 is 0 Å². The molecule has 0 radical (unpaired) electrons. The number of benzene rings is 2. The largest absolute Gasteiger partial charge is 0.486 e. The predicted octanol–water partition coefficient (Wildman–Crippen LogP) is 4.87. The smallest absolute Gasteiger partial charge is 0.161 e. The zero-order valence-electron chi connectivity index (χ0n) is 19.7. The lowest BCUT2D eigenvalue weighted by atomic mass is 10.0. The molecule has 5 heteroatoms. The van der Waals surface area contributed by atoms with Crippen LogP contribution in [0.3, 0.4) is 0 Å². The Balaban J connectivity index is 1.23. The molecule has 5 rings (SSSR count). The molecular weight excluding hydrogens is 422 g/mol. The van der Waals surface area contributed by atoms with E-state index in [0.29, 0.717) is 19.3 Å². The number of fused-ring (bicyclic) bond motifs is 1. The molecule has 2 aliphatic heterocycles. The van der Waals surface area contributed by atoms with Crippen molar-refractivity contribution >= 4 is 0 Å². The van der Waals surface area contributed by atoms with Crippen LogP contribution < -0.4 is 14.8 Å². The van der Waals surface area contributed by atoms with Crippen molar-refractivity contribution in [1.82, 2.24) is 15.2 Å². The summed E-state index contributed by atoms with van der Waals surface area (Å²) in [5.74, 6) is 1.70. The van der Waals surface area contributed by atoms with Crippen molar-refractivity contribution in [2.75, 3.05) is 32.8 Å². The molecule has 0 spiro atoms. The van der Waals surface area contributed by atoms with Gasteiger partial charge in [-0.15, -0.1) is 0 Å². The molecule has 5 nitrogen and oxygen atoms in total. The van der Waals surface area contributed by atoms with E-state index in [1.54, 1.807) is 6.20 Å². The Kier molecular flexibility index (Phi) is 7.10. The number of allylic oxidation sites excluding steroid dienone is 1. The van der Waals surface area contributed by atoms with Crippen molar-refractivity contribution in [3.8, 4) is 22.6 Å². The molecule has 34 heavy (non-hydrogen) atoms. The average molecular weight is 456 g/mol. The molecule has 3 aromatic rings. The van der Waals surface area contributed by atoms with E-state index in [-0.39, 0.29) is 0 Å². The Labute approximate surface area is 202 Å². The van der Waals surface area contributed by atoms with Crippen molar-refractivity contribution < 1.29 is 9.47 Å². The normalized spacial score (nSPS) is 16.2. The summed E-state index contributed by atoms with van der Waals surface area (Å²) < 4.78 is 11.5. The number of likely N-dealkylation sites (tertiary alicyclic amines) is 1. The molecule has 1 fully saturated rings. The van der Waals surface area contributed by atoms with Crippen LogP contribution in [0.2, 0.25) is 0 Å². The lowest BCUT2D eigenvalue weighted by molar-refractivity contribution is 0.171. The number of aromatic nitrogens is 1. The fraction of sp³-hybridized carbons (Fsp3) is 0.345. The second kappa shape index (κ2) is 10.7. The molecule has 3 heterocycles. The summed E-state index contributed by atoms with van der Waals surface area (Å²) in [4.78, 5) is 6.78. The van der Waals surface area contributed by atoms with Crippen LogP contribution >= 0.6 is 0 Å². The van der Waals surface area contributed by atoms with Crippen LogP contribution in [0.1, 0.15) is 24.0 Å². The standard InChI is InChI=1S/C29H33N3O2/c1-22(17-23-6-9-25(10-7-23)26-5-4-12-30-20-26)31-27(21-32-13-2-3-14-32)18-24-8-11-28-29(19-24)34-16-15-33-28/h4-12,19-20,27,31H,1-3,13-18,21H2/t27-/m0/s1. The first-order valence-corrected chi connectivity index (χ1v) is 12.3. The maximum atomic E-state index is 5.80. The van der Waals surface area contributed by atoms with Gasteiger partial charge in [0, 0.05) is 37.1 Å². The van der Waals surface area contributed by atoms with E-state index < -0.39 is 0 Å². The molecule has 0 unspecified atom stereocenters. The van der Waals surface area contributed by atoms with Gasteiger partial charge in [0.1, 0.15) is 13.2 Å². The molecule has 1 atom stereocenters. The van der Waals surface area contributed by atoms with Gasteiger partial charge in [-0.3, -0.25) is 4.98 Å². The molecular formula is C29H33N3O2. The van der Waals surface area contributed by atoms with Crippen LogP contribution in [0.25, 0.3) is 11.1 Å². The van der Waals surface area contributed by atoms with Gasteiger partial charge in [-0.1, -0.05) is 43.0 Å². The molecule has 1 aromatic heterocycles. The van der Waals surface area contributed by atoms with Crippen LogP contribution in [-0.4, -0.2) is 48.8 Å². The Morgan fingerprint density at radius 1 is 0.941 bits per heavy atom. The van der Waals surface area contributed by atoms with Gasteiger partial charge in [-0.05, 0) is 72.8 Å². The molecule has 2 aromatic carbocycles. The average Bonchev–Trinajstić information content (AvgIpc) is 3.38. The lowest BCUT2D eigenvalue weighted by Gasteiger charge is -2.27. The highest BCUT2D eigenvalue weighted by molar-refractivity contribution is 5.62. The number of pyridine rings is 1. The zero-order valence-corrected chi connectivity index (χ0v) is 19.7. The minimum atomic E-state index is 0.294. The van der Waals surface area contributed by atoms with Gasteiger partial charge in [0.25, 0.3) is 0 Å². The fourth-order valence-corrected chi connectivity index (χ4v) is 4.87. The molecule has 176 valence electrons. The summed E-state index contributed by atoms with van der Waals surface area (Å²) in [6.07, 6.45) is 8.02. The molecule has 1 N–H and O–H groups in total. The summed E-state index contributed by atoms with van der Waals surface area (Å²) in [5.41, 5.74) is 5.88. The summed E-state index contributed by atoms with van der Waals surface area (Å²) in [6, 6.07) is 19.4. The Bertz CT molecular complexity index is 1090. The first-order chi connectivity index (χ1) is 16.7. The third-order valence-electron chi connectivity index (χ3n) is 6.54. The van der Waals surface area contributed by atoms with Crippen molar-refractivity contribution in [2.24, 2.45) is 0 Å². The third kappa shape index (κ3) is 5.78. The Hall–Kier alpha value is -3.31. The van der Waals surface area contributed by atoms with Crippen molar-refractivity contribution in [3.63, 3.8) is 0 Å². The highest BCUT2D eigenvalue weighted by Gasteiger charge is 2.20. The minimum absolute atomic E-state index is 0.294. The maximum absolute atomic E-state index is 5.80. The molecule has 0 bridgehead atoms. The Morgan fingerprint density at radius 3 is 2.47 bits per heavy atom. The molecule has 1 saturated heterocycles. The van der Waals surface area contributed by atoms with Crippen molar-refractivity contribution in [2.45, 2.75) is 31.7 Å². The summed E-state index contributed by atoms with van der Waals surface area (Å²) in [7, 11) is 0. The highest BCUT2D eigenvalue weighted by Crippen LogP contribution is 2.31.